The number of aryl methyl sites for hydroxylation is 2. The lowest BCUT2D eigenvalue weighted by Gasteiger charge is -2.10. The number of benzene rings is 1. The number of fused-ring (bicyclic) bond motifs is 1. The van der Waals surface area contributed by atoms with Gasteiger partial charge in [0, 0.05) is 23.9 Å². The van der Waals surface area contributed by atoms with Gasteiger partial charge < -0.3 is 15.2 Å². The summed E-state index contributed by atoms with van der Waals surface area (Å²) < 4.78 is 7.13. The normalized spacial score (nSPS) is 11.1. The highest BCUT2D eigenvalue weighted by atomic mass is 16.5. The van der Waals surface area contributed by atoms with Crippen LogP contribution in [-0.2, 0) is 4.74 Å². The number of nitrogens with zero attached hydrogens (tertiary/aromatic N) is 3. The summed E-state index contributed by atoms with van der Waals surface area (Å²) in [6, 6.07) is 12.2. The topological polar surface area (TPSA) is 71.7 Å². The fourth-order valence-electron chi connectivity index (χ4n) is 2.73. The molecule has 1 aromatic carbocycles. The highest BCUT2D eigenvalue weighted by molar-refractivity contribution is 5.80. The molecule has 0 unspecified atom stereocenters. The average molecular weight is 326 g/mol. The van der Waals surface area contributed by atoms with Gasteiger partial charge in [-0.2, -0.15) is 9.61 Å². The number of anilines is 1. The lowest BCUT2D eigenvalue weighted by atomic mass is 10.1. The first-order valence-corrected chi connectivity index (χ1v) is 8.05. The summed E-state index contributed by atoms with van der Waals surface area (Å²) in [4.78, 5) is 4.69. The zero-order valence-corrected chi connectivity index (χ0v) is 14.0. The zero-order valence-electron chi connectivity index (χ0n) is 14.0. The van der Waals surface area contributed by atoms with Crippen LogP contribution in [-0.4, -0.2) is 46.1 Å². The quantitative estimate of drug-likeness (QED) is 0.653. The molecule has 0 aliphatic rings. The second-order valence-corrected chi connectivity index (χ2v) is 5.61. The van der Waals surface area contributed by atoms with Crippen LogP contribution in [0.5, 0.6) is 0 Å². The molecule has 0 saturated heterocycles. The maximum atomic E-state index is 8.73. The second-order valence-electron chi connectivity index (χ2n) is 5.61. The number of aliphatic hydroxyl groups excluding tert-OH is 1. The van der Waals surface area contributed by atoms with Crippen molar-refractivity contribution in [1.82, 2.24) is 14.6 Å². The Bertz CT molecular complexity index is 815. The first-order chi connectivity index (χ1) is 11.7. The van der Waals surface area contributed by atoms with Gasteiger partial charge in [0.25, 0.3) is 0 Å². The van der Waals surface area contributed by atoms with E-state index in [-0.39, 0.29) is 6.61 Å². The first kappa shape index (κ1) is 16.4. The SMILES string of the molecule is Cc1cc(NCCOCCO)n2nc(C)c(-c3ccccc3)c2n1. The number of aliphatic hydroxyl groups is 1. The van der Waals surface area contributed by atoms with Crippen molar-refractivity contribution in [1.29, 1.82) is 0 Å². The average Bonchev–Trinajstić information content (AvgIpc) is 2.91. The molecule has 0 radical (unpaired) electrons. The smallest absolute Gasteiger partial charge is 0.165 e. The van der Waals surface area contributed by atoms with Gasteiger partial charge in [-0.05, 0) is 19.4 Å². The van der Waals surface area contributed by atoms with E-state index in [1.165, 1.54) is 0 Å². The standard InChI is InChI=1S/C18H22N4O2/c1-13-12-16(19-8-10-24-11-9-23)22-18(20-13)17(14(2)21-22)15-6-4-3-5-7-15/h3-7,12,19,23H,8-11H2,1-2H3. The molecular weight excluding hydrogens is 304 g/mol. The maximum Gasteiger partial charge on any atom is 0.165 e. The molecule has 2 heterocycles. The third kappa shape index (κ3) is 3.39. The Balaban J connectivity index is 1.94. The van der Waals surface area contributed by atoms with Gasteiger partial charge in [-0.3, -0.25) is 0 Å². The fourth-order valence-corrected chi connectivity index (χ4v) is 2.73. The molecule has 126 valence electrons. The van der Waals surface area contributed by atoms with Crippen LogP contribution in [0.1, 0.15) is 11.4 Å². The third-order valence-corrected chi connectivity index (χ3v) is 3.74. The summed E-state index contributed by atoms with van der Waals surface area (Å²) in [5.41, 5.74) is 4.88. The molecule has 0 aliphatic carbocycles. The van der Waals surface area contributed by atoms with Crippen LogP contribution in [0.15, 0.2) is 36.4 Å². The fraction of sp³-hybridized carbons (Fsp3) is 0.333. The van der Waals surface area contributed by atoms with Crippen LogP contribution in [0.25, 0.3) is 16.8 Å². The molecule has 2 aromatic heterocycles. The van der Waals surface area contributed by atoms with Crippen molar-refractivity contribution < 1.29 is 9.84 Å². The Morgan fingerprint density at radius 3 is 2.71 bits per heavy atom. The monoisotopic (exact) mass is 326 g/mol. The summed E-state index contributed by atoms with van der Waals surface area (Å²) >= 11 is 0. The predicted molar refractivity (Wildman–Crippen MR) is 94.3 cm³/mol. The van der Waals surface area contributed by atoms with E-state index in [0.717, 1.165) is 34.0 Å². The second kappa shape index (κ2) is 7.42. The minimum atomic E-state index is 0.0391. The van der Waals surface area contributed by atoms with E-state index in [1.807, 2.05) is 42.6 Å². The number of hydrogen-bond donors (Lipinski definition) is 2. The van der Waals surface area contributed by atoms with E-state index < -0.39 is 0 Å². The van der Waals surface area contributed by atoms with Crippen molar-refractivity contribution in [3.05, 3.63) is 47.8 Å². The van der Waals surface area contributed by atoms with Gasteiger partial charge in [0.05, 0.1) is 25.5 Å². The van der Waals surface area contributed by atoms with Gasteiger partial charge in [-0.25, -0.2) is 4.98 Å². The van der Waals surface area contributed by atoms with Gasteiger partial charge in [-0.15, -0.1) is 0 Å². The van der Waals surface area contributed by atoms with E-state index in [0.29, 0.717) is 19.8 Å². The Labute approximate surface area is 141 Å². The molecule has 0 bridgehead atoms. The van der Waals surface area contributed by atoms with E-state index in [1.54, 1.807) is 0 Å². The molecule has 0 saturated carbocycles. The first-order valence-electron chi connectivity index (χ1n) is 8.05. The Morgan fingerprint density at radius 2 is 1.96 bits per heavy atom. The molecule has 2 N–H and O–H groups in total. The lowest BCUT2D eigenvalue weighted by molar-refractivity contribution is 0.0991. The highest BCUT2D eigenvalue weighted by Gasteiger charge is 2.15. The number of rotatable bonds is 7. The van der Waals surface area contributed by atoms with Crippen LogP contribution >= 0.6 is 0 Å². The number of nitrogens with one attached hydrogen (secondary N) is 1. The Morgan fingerprint density at radius 1 is 1.17 bits per heavy atom. The van der Waals surface area contributed by atoms with Crippen LogP contribution in [0, 0.1) is 13.8 Å². The van der Waals surface area contributed by atoms with Crippen LogP contribution in [0.3, 0.4) is 0 Å². The minimum Gasteiger partial charge on any atom is -0.394 e. The maximum absolute atomic E-state index is 8.73. The minimum absolute atomic E-state index is 0.0391. The van der Waals surface area contributed by atoms with Gasteiger partial charge in [0.15, 0.2) is 5.65 Å². The van der Waals surface area contributed by atoms with Crippen molar-refractivity contribution in [3.8, 4) is 11.1 Å². The van der Waals surface area contributed by atoms with Crippen molar-refractivity contribution in [2.75, 3.05) is 31.7 Å². The summed E-state index contributed by atoms with van der Waals surface area (Å²) in [6.45, 7) is 5.53. The van der Waals surface area contributed by atoms with Crippen LogP contribution in [0.2, 0.25) is 0 Å². The van der Waals surface area contributed by atoms with Gasteiger partial charge in [0.1, 0.15) is 5.82 Å². The number of hydrogen-bond acceptors (Lipinski definition) is 5. The molecule has 3 rings (SSSR count). The molecule has 0 atom stereocenters. The molecule has 0 aliphatic heterocycles. The van der Waals surface area contributed by atoms with Crippen molar-refractivity contribution in [2.24, 2.45) is 0 Å². The van der Waals surface area contributed by atoms with Crippen LogP contribution in [0.4, 0.5) is 5.82 Å². The molecule has 24 heavy (non-hydrogen) atoms. The largest absolute Gasteiger partial charge is 0.394 e. The van der Waals surface area contributed by atoms with Crippen molar-refractivity contribution >= 4 is 11.5 Å². The lowest BCUT2D eigenvalue weighted by Crippen LogP contribution is -2.14. The third-order valence-electron chi connectivity index (χ3n) is 3.74. The molecule has 6 heteroatoms. The molecule has 0 spiro atoms. The highest BCUT2D eigenvalue weighted by Crippen LogP contribution is 2.28. The van der Waals surface area contributed by atoms with Crippen molar-refractivity contribution in [2.45, 2.75) is 13.8 Å². The van der Waals surface area contributed by atoms with Gasteiger partial charge in [-0.1, -0.05) is 30.3 Å². The molecule has 0 fully saturated rings. The summed E-state index contributed by atoms with van der Waals surface area (Å²) in [5, 5.41) is 16.7. The van der Waals surface area contributed by atoms with E-state index in [2.05, 4.69) is 27.5 Å². The van der Waals surface area contributed by atoms with Gasteiger partial charge in [0.2, 0.25) is 0 Å². The number of ether oxygens (including phenoxy) is 1. The van der Waals surface area contributed by atoms with E-state index in [4.69, 9.17) is 9.84 Å². The Hall–Kier alpha value is -2.44. The molecule has 3 aromatic rings. The zero-order chi connectivity index (χ0) is 16.9. The van der Waals surface area contributed by atoms with Crippen LogP contribution < -0.4 is 5.32 Å². The summed E-state index contributed by atoms with van der Waals surface area (Å²) in [5.74, 6) is 0.885. The molecular formula is C18H22N4O2. The predicted octanol–water partition coefficient (Wildman–Crippen LogP) is 2.43. The molecule has 0 amide bonds. The van der Waals surface area contributed by atoms with Gasteiger partial charge >= 0.3 is 0 Å². The Kier molecular flexibility index (Phi) is 5.08. The van der Waals surface area contributed by atoms with E-state index >= 15 is 0 Å². The van der Waals surface area contributed by atoms with E-state index in [9.17, 15) is 0 Å². The number of aromatic nitrogens is 3. The van der Waals surface area contributed by atoms with Crippen molar-refractivity contribution in [3.63, 3.8) is 0 Å². The summed E-state index contributed by atoms with van der Waals surface area (Å²) in [7, 11) is 0. The molecule has 6 nitrogen and oxygen atoms in total. The summed E-state index contributed by atoms with van der Waals surface area (Å²) in [6.07, 6.45) is 0.